The van der Waals surface area contributed by atoms with Crippen molar-refractivity contribution in [1.29, 1.82) is 0 Å². The highest BCUT2D eigenvalue weighted by atomic mass is 16.5. The van der Waals surface area contributed by atoms with E-state index >= 15 is 0 Å². The normalized spacial score (nSPS) is 16.8. The van der Waals surface area contributed by atoms with E-state index < -0.39 is 0 Å². The lowest BCUT2D eigenvalue weighted by molar-refractivity contribution is 0.167. The first-order valence-corrected chi connectivity index (χ1v) is 8.38. The van der Waals surface area contributed by atoms with Gasteiger partial charge in [-0.2, -0.15) is 5.10 Å². The molecule has 1 aliphatic heterocycles. The van der Waals surface area contributed by atoms with Gasteiger partial charge < -0.3 is 14.4 Å². The van der Waals surface area contributed by atoms with Gasteiger partial charge in [-0.3, -0.25) is 10.00 Å². The Labute approximate surface area is 147 Å². The molecule has 0 radical (unpaired) electrons. The lowest BCUT2D eigenvalue weighted by atomic mass is 10.2. The topological polar surface area (TPSA) is 68.6 Å². The fraction of sp³-hybridized carbons (Fsp3) is 0.444. The zero-order chi connectivity index (χ0) is 17.8. The Hall–Kier alpha value is -2.54. The summed E-state index contributed by atoms with van der Waals surface area (Å²) in [5, 5.41) is 7.36. The fourth-order valence-corrected chi connectivity index (χ4v) is 2.84. The first kappa shape index (κ1) is 17.3. The molecule has 0 bridgehead atoms. The molecule has 0 fully saturated rings. The molecule has 7 nitrogen and oxygen atoms in total. The highest BCUT2D eigenvalue weighted by Crippen LogP contribution is 2.25. The predicted octanol–water partition coefficient (Wildman–Crippen LogP) is 2.42. The van der Waals surface area contributed by atoms with Crippen LogP contribution in [0.2, 0.25) is 0 Å². The average molecular weight is 344 g/mol. The molecule has 1 aromatic carbocycles. The van der Waals surface area contributed by atoms with Gasteiger partial charge in [-0.25, -0.2) is 4.79 Å². The molecule has 134 valence electrons. The molecule has 7 heteroatoms. The summed E-state index contributed by atoms with van der Waals surface area (Å²) in [7, 11) is 3.47. The number of nitrogens with one attached hydrogen (secondary N) is 1. The fourth-order valence-electron chi connectivity index (χ4n) is 2.84. The Kier molecular flexibility index (Phi) is 5.23. The third kappa shape index (κ3) is 3.93. The highest BCUT2D eigenvalue weighted by Gasteiger charge is 2.26. The van der Waals surface area contributed by atoms with Gasteiger partial charge in [-0.15, -0.1) is 0 Å². The molecular weight excluding hydrogens is 320 g/mol. The molecule has 2 amide bonds. The number of benzene rings is 1. The van der Waals surface area contributed by atoms with Crippen LogP contribution in [0.3, 0.4) is 0 Å². The van der Waals surface area contributed by atoms with Crippen molar-refractivity contribution in [2.75, 3.05) is 25.6 Å². The molecule has 2 aromatic rings. The first-order chi connectivity index (χ1) is 12.1. The molecule has 0 unspecified atom stereocenters. The maximum absolute atomic E-state index is 12.8. The van der Waals surface area contributed by atoms with E-state index in [1.54, 1.807) is 16.7 Å². The van der Waals surface area contributed by atoms with Crippen LogP contribution in [-0.4, -0.2) is 47.1 Å². The summed E-state index contributed by atoms with van der Waals surface area (Å²) in [4.78, 5) is 14.6. The highest BCUT2D eigenvalue weighted by molar-refractivity contribution is 5.88. The van der Waals surface area contributed by atoms with Crippen molar-refractivity contribution in [3.63, 3.8) is 0 Å². The van der Waals surface area contributed by atoms with E-state index in [2.05, 4.69) is 10.4 Å². The summed E-state index contributed by atoms with van der Waals surface area (Å²) in [6.07, 6.45) is 0.710. The number of anilines is 1. The smallest absolute Gasteiger partial charge is 0.323 e. The van der Waals surface area contributed by atoms with Gasteiger partial charge in [0.25, 0.3) is 0 Å². The number of methoxy groups -OCH3 is 1. The van der Waals surface area contributed by atoms with Gasteiger partial charge in [0.15, 0.2) is 0 Å². The predicted molar refractivity (Wildman–Crippen MR) is 94.7 cm³/mol. The quantitative estimate of drug-likeness (QED) is 0.925. The van der Waals surface area contributed by atoms with Gasteiger partial charge in [0, 0.05) is 32.2 Å². The third-order valence-corrected chi connectivity index (χ3v) is 4.31. The summed E-state index contributed by atoms with van der Waals surface area (Å²) < 4.78 is 12.6. The number of carbonyl (C=O) groups excluding carboxylic acids is 1. The van der Waals surface area contributed by atoms with E-state index in [1.807, 2.05) is 44.3 Å². The van der Waals surface area contributed by atoms with Crippen LogP contribution in [0.5, 0.6) is 5.75 Å². The Morgan fingerprint density at radius 3 is 3.04 bits per heavy atom. The van der Waals surface area contributed by atoms with E-state index in [-0.39, 0.29) is 12.1 Å². The van der Waals surface area contributed by atoms with Crippen LogP contribution in [0.25, 0.3) is 0 Å². The maximum Gasteiger partial charge on any atom is 0.323 e. The molecule has 3 rings (SSSR count). The van der Waals surface area contributed by atoms with Crippen LogP contribution >= 0.6 is 0 Å². The van der Waals surface area contributed by atoms with Gasteiger partial charge in [0.2, 0.25) is 0 Å². The van der Waals surface area contributed by atoms with E-state index in [0.29, 0.717) is 32.0 Å². The van der Waals surface area contributed by atoms with Gasteiger partial charge in [-0.05, 0) is 13.0 Å². The van der Waals surface area contributed by atoms with Crippen molar-refractivity contribution in [1.82, 2.24) is 14.7 Å². The number of aromatic nitrogens is 2. The summed E-state index contributed by atoms with van der Waals surface area (Å²) in [6.45, 7) is 3.56. The summed E-state index contributed by atoms with van der Waals surface area (Å²) in [6, 6.07) is 9.51. The van der Waals surface area contributed by atoms with Crippen molar-refractivity contribution >= 4 is 11.8 Å². The van der Waals surface area contributed by atoms with Crippen LogP contribution in [-0.2, 0) is 24.8 Å². The minimum absolute atomic E-state index is 0.0337. The molecule has 2 heterocycles. The largest absolute Gasteiger partial charge is 0.491 e. The molecule has 0 saturated heterocycles. The van der Waals surface area contributed by atoms with E-state index in [4.69, 9.17) is 9.47 Å². The summed E-state index contributed by atoms with van der Waals surface area (Å²) >= 11 is 0. The Balaban J connectivity index is 1.73. The average Bonchev–Trinajstić information content (AvgIpc) is 2.85. The van der Waals surface area contributed by atoms with Crippen molar-refractivity contribution in [2.45, 2.75) is 25.9 Å². The van der Waals surface area contributed by atoms with Gasteiger partial charge in [-0.1, -0.05) is 18.2 Å². The molecule has 1 N–H and O–H groups in total. The van der Waals surface area contributed by atoms with E-state index in [1.165, 1.54) is 0 Å². The van der Waals surface area contributed by atoms with Gasteiger partial charge >= 0.3 is 6.03 Å². The van der Waals surface area contributed by atoms with Crippen LogP contribution < -0.4 is 10.1 Å². The second-order valence-corrected chi connectivity index (χ2v) is 6.21. The van der Waals surface area contributed by atoms with Gasteiger partial charge in [0.1, 0.15) is 18.2 Å². The standard InChI is InChI=1S/C18H24N4O3/c1-13-12-25-16-7-5-4-6-14(16)11-22(13)18(23)19-17-10-15(8-9-24-3)20-21(17)2/h4-7,10,13H,8-9,11-12H2,1-3H3,(H,19,23)/t13-/m0/s1. The SMILES string of the molecule is COCCc1cc(NC(=O)N2Cc3ccccc3OC[C@@H]2C)n(C)n1. The number of rotatable bonds is 4. The van der Waals surface area contributed by atoms with Crippen LogP contribution in [0, 0.1) is 0 Å². The lowest BCUT2D eigenvalue weighted by Crippen LogP contribution is -2.42. The van der Waals surface area contributed by atoms with Crippen molar-refractivity contribution in [2.24, 2.45) is 7.05 Å². The number of nitrogens with zero attached hydrogens (tertiary/aromatic N) is 3. The number of hydrogen-bond donors (Lipinski definition) is 1. The van der Waals surface area contributed by atoms with Gasteiger partial charge in [0.05, 0.1) is 24.9 Å². The number of carbonyl (C=O) groups is 1. The molecule has 1 aliphatic rings. The molecule has 0 spiro atoms. The third-order valence-electron chi connectivity index (χ3n) is 4.31. The number of urea groups is 1. The second-order valence-electron chi connectivity index (χ2n) is 6.21. The van der Waals surface area contributed by atoms with E-state index in [9.17, 15) is 4.79 Å². The Bertz CT molecular complexity index is 744. The minimum Gasteiger partial charge on any atom is -0.491 e. The lowest BCUT2D eigenvalue weighted by Gasteiger charge is -2.26. The summed E-state index contributed by atoms with van der Waals surface area (Å²) in [5.74, 6) is 1.51. The van der Waals surface area contributed by atoms with Crippen LogP contribution in [0.15, 0.2) is 30.3 Å². The number of fused-ring (bicyclic) bond motifs is 1. The van der Waals surface area contributed by atoms with Crippen LogP contribution in [0.4, 0.5) is 10.6 Å². The summed E-state index contributed by atoms with van der Waals surface area (Å²) in [5.41, 5.74) is 1.89. The van der Waals surface area contributed by atoms with Crippen molar-refractivity contribution in [3.8, 4) is 5.75 Å². The maximum atomic E-state index is 12.8. The number of aryl methyl sites for hydroxylation is 1. The van der Waals surface area contributed by atoms with Crippen molar-refractivity contribution in [3.05, 3.63) is 41.6 Å². The molecular formula is C18H24N4O3. The second kappa shape index (κ2) is 7.57. The Morgan fingerprint density at radius 2 is 2.24 bits per heavy atom. The molecule has 0 saturated carbocycles. The zero-order valence-electron chi connectivity index (χ0n) is 14.9. The monoisotopic (exact) mass is 344 g/mol. The molecule has 1 aromatic heterocycles. The molecule has 25 heavy (non-hydrogen) atoms. The number of ether oxygens (including phenoxy) is 2. The first-order valence-electron chi connectivity index (χ1n) is 8.38. The molecule has 0 aliphatic carbocycles. The zero-order valence-corrected chi connectivity index (χ0v) is 14.9. The van der Waals surface area contributed by atoms with Crippen molar-refractivity contribution < 1.29 is 14.3 Å². The number of hydrogen-bond acceptors (Lipinski definition) is 4. The number of amides is 2. The number of para-hydroxylation sites is 1. The Morgan fingerprint density at radius 1 is 1.44 bits per heavy atom. The van der Waals surface area contributed by atoms with Crippen LogP contribution in [0.1, 0.15) is 18.2 Å². The molecule has 1 atom stereocenters. The van der Waals surface area contributed by atoms with E-state index in [0.717, 1.165) is 17.0 Å². The minimum atomic E-state index is -0.158.